The number of hydrogen-bond donors (Lipinski definition) is 1. The van der Waals surface area contributed by atoms with Gasteiger partial charge < -0.3 is 5.11 Å². The fourth-order valence-electron chi connectivity index (χ4n) is 4.19. The molecule has 0 saturated carbocycles. The lowest BCUT2D eigenvalue weighted by atomic mass is 9.88. The van der Waals surface area contributed by atoms with Gasteiger partial charge in [-0.3, -0.25) is 0 Å². The van der Waals surface area contributed by atoms with Crippen molar-refractivity contribution in [2.24, 2.45) is 0 Å². The van der Waals surface area contributed by atoms with Gasteiger partial charge in [0.1, 0.15) is 0 Å². The molecule has 140 valence electrons. The van der Waals surface area contributed by atoms with E-state index in [2.05, 4.69) is 72.8 Å². The van der Waals surface area contributed by atoms with E-state index in [0.717, 1.165) is 27.7 Å². The predicted octanol–water partition coefficient (Wildman–Crippen LogP) is 6.26. The highest BCUT2D eigenvalue weighted by Crippen LogP contribution is 2.40. The smallest absolute Gasteiger partial charge is 0.0748 e. The Morgan fingerprint density at radius 2 is 1.34 bits per heavy atom. The zero-order valence-corrected chi connectivity index (χ0v) is 16.0. The summed E-state index contributed by atoms with van der Waals surface area (Å²) in [4.78, 5) is 5.02. The van der Waals surface area contributed by atoms with Crippen LogP contribution < -0.4 is 0 Å². The van der Waals surface area contributed by atoms with Gasteiger partial charge in [0.2, 0.25) is 0 Å². The first-order valence-corrected chi connectivity index (χ1v) is 9.93. The maximum Gasteiger partial charge on any atom is 0.0748 e. The van der Waals surface area contributed by atoms with Crippen LogP contribution in [0.1, 0.15) is 5.56 Å². The number of rotatable bonds is 4. The third kappa shape index (κ3) is 3.08. The zero-order chi connectivity index (χ0) is 19.6. The molecule has 0 radical (unpaired) electrons. The lowest BCUT2D eigenvalue weighted by molar-refractivity contribution is 0.300. The molecule has 29 heavy (non-hydrogen) atoms. The van der Waals surface area contributed by atoms with Crippen LogP contribution in [0.3, 0.4) is 0 Å². The van der Waals surface area contributed by atoms with Gasteiger partial charge in [-0.1, -0.05) is 91.0 Å². The van der Waals surface area contributed by atoms with Crippen LogP contribution >= 0.6 is 0 Å². The van der Waals surface area contributed by atoms with Gasteiger partial charge in [-0.15, -0.1) is 0 Å². The quantitative estimate of drug-likeness (QED) is 0.402. The minimum atomic E-state index is 0.0810. The Bertz CT molecular complexity index is 1300. The van der Waals surface area contributed by atoms with Crippen LogP contribution in [0.4, 0.5) is 0 Å². The molecule has 1 N–H and O–H groups in total. The number of aliphatic hydroxyl groups excluding tert-OH is 1. The number of pyridine rings is 1. The summed E-state index contributed by atoms with van der Waals surface area (Å²) in [6.07, 6.45) is 0.556. The molecule has 0 spiro atoms. The minimum Gasteiger partial charge on any atom is -0.396 e. The number of hydrogen-bond acceptors (Lipinski definition) is 2. The molecule has 0 saturated heterocycles. The number of aromatic nitrogens is 1. The van der Waals surface area contributed by atoms with E-state index in [0.29, 0.717) is 6.42 Å². The molecule has 2 heteroatoms. The summed E-state index contributed by atoms with van der Waals surface area (Å²) in [7, 11) is 0. The molecule has 0 amide bonds. The molecule has 0 bridgehead atoms. The van der Waals surface area contributed by atoms with Crippen molar-refractivity contribution in [3.05, 3.63) is 103 Å². The van der Waals surface area contributed by atoms with E-state index in [1.54, 1.807) is 0 Å². The van der Waals surface area contributed by atoms with Gasteiger partial charge in [-0.2, -0.15) is 0 Å². The van der Waals surface area contributed by atoms with Crippen LogP contribution in [-0.4, -0.2) is 16.7 Å². The molecular weight excluding hydrogens is 354 g/mol. The molecule has 0 aliphatic carbocycles. The molecule has 4 aromatic carbocycles. The molecule has 1 aromatic heterocycles. The summed E-state index contributed by atoms with van der Waals surface area (Å²) in [6.45, 7) is 0.0810. The summed E-state index contributed by atoms with van der Waals surface area (Å²) in [5, 5.41) is 13.5. The van der Waals surface area contributed by atoms with E-state index in [4.69, 9.17) is 4.98 Å². The zero-order valence-electron chi connectivity index (χ0n) is 16.0. The van der Waals surface area contributed by atoms with Crippen LogP contribution in [-0.2, 0) is 6.42 Å². The van der Waals surface area contributed by atoms with Crippen LogP contribution in [0, 0.1) is 0 Å². The standard InChI is InChI=1S/C27H21NO/c29-18-17-24-26(22-15-8-12-19-9-4-5-13-21(19)22)23-14-6-7-16-25(23)28-27(24)20-10-2-1-3-11-20/h1-16,29H,17-18H2. The highest BCUT2D eigenvalue weighted by molar-refractivity contribution is 6.07. The van der Waals surface area contributed by atoms with Gasteiger partial charge in [0, 0.05) is 17.6 Å². The first kappa shape index (κ1) is 17.6. The first-order valence-electron chi connectivity index (χ1n) is 9.93. The van der Waals surface area contributed by atoms with Crippen LogP contribution in [0.5, 0.6) is 0 Å². The summed E-state index contributed by atoms with van der Waals surface area (Å²) in [5.41, 5.74) is 6.43. The SMILES string of the molecule is OCCc1c(-c2ccccc2)nc2ccccc2c1-c1cccc2ccccc12. The van der Waals surface area contributed by atoms with E-state index >= 15 is 0 Å². The Morgan fingerprint density at radius 3 is 2.17 bits per heavy atom. The lowest BCUT2D eigenvalue weighted by Gasteiger charge is -2.19. The number of nitrogens with zero attached hydrogens (tertiary/aromatic N) is 1. The Balaban J connectivity index is 1.94. The second-order valence-electron chi connectivity index (χ2n) is 7.20. The Morgan fingerprint density at radius 1 is 0.655 bits per heavy atom. The average molecular weight is 375 g/mol. The van der Waals surface area contributed by atoms with Crippen molar-refractivity contribution in [3.63, 3.8) is 0 Å². The van der Waals surface area contributed by atoms with Crippen molar-refractivity contribution in [1.82, 2.24) is 4.98 Å². The summed E-state index contributed by atoms with van der Waals surface area (Å²) >= 11 is 0. The number of para-hydroxylation sites is 1. The van der Waals surface area contributed by atoms with Gasteiger partial charge in [0.25, 0.3) is 0 Å². The highest BCUT2D eigenvalue weighted by Gasteiger charge is 2.18. The molecule has 1 heterocycles. The first-order chi connectivity index (χ1) is 14.4. The molecule has 0 aliphatic heterocycles. The molecule has 0 fully saturated rings. The van der Waals surface area contributed by atoms with Crippen molar-refractivity contribution in [2.75, 3.05) is 6.61 Å². The largest absolute Gasteiger partial charge is 0.396 e. The van der Waals surface area contributed by atoms with Gasteiger partial charge in [-0.25, -0.2) is 4.98 Å². The van der Waals surface area contributed by atoms with E-state index in [9.17, 15) is 5.11 Å². The van der Waals surface area contributed by atoms with Gasteiger partial charge in [-0.05, 0) is 39.9 Å². The summed E-state index contributed by atoms with van der Waals surface area (Å²) in [5.74, 6) is 0. The van der Waals surface area contributed by atoms with Crippen molar-refractivity contribution in [1.29, 1.82) is 0 Å². The maximum atomic E-state index is 9.92. The molecule has 5 aromatic rings. The highest BCUT2D eigenvalue weighted by atomic mass is 16.2. The number of benzene rings is 4. The van der Waals surface area contributed by atoms with E-state index in [-0.39, 0.29) is 6.61 Å². The van der Waals surface area contributed by atoms with Gasteiger partial charge >= 0.3 is 0 Å². The van der Waals surface area contributed by atoms with Crippen LogP contribution in [0.25, 0.3) is 44.1 Å². The van der Waals surface area contributed by atoms with Crippen molar-refractivity contribution < 1.29 is 5.11 Å². The van der Waals surface area contributed by atoms with Crippen LogP contribution in [0.15, 0.2) is 97.1 Å². The fourth-order valence-corrected chi connectivity index (χ4v) is 4.19. The molecule has 0 aliphatic rings. The lowest BCUT2D eigenvalue weighted by Crippen LogP contribution is -2.02. The maximum absolute atomic E-state index is 9.92. The van der Waals surface area contributed by atoms with Gasteiger partial charge in [0.15, 0.2) is 0 Å². The second kappa shape index (κ2) is 7.50. The third-order valence-corrected chi connectivity index (χ3v) is 5.46. The summed E-state index contributed by atoms with van der Waals surface area (Å²) < 4.78 is 0. The topological polar surface area (TPSA) is 33.1 Å². The Kier molecular flexibility index (Phi) is 4.55. The van der Waals surface area contributed by atoms with E-state index in [1.807, 2.05) is 24.3 Å². The molecular formula is C27H21NO. The molecule has 0 atom stereocenters. The van der Waals surface area contributed by atoms with Gasteiger partial charge in [0.05, 0.1) is 11.2 Å². The monoisotopic (exact) mass is 375 g/mol. The fraction of sp³-hybridized carbons (Fsp3) is 0.0741. The molecule has 2 nitrogen and oxygen atoms in total. The summed E-state index contributed by atoms with van der Waals surface area (Å²) in [6, 6.07) is 33.5. The number of fused-ring (bicyclic) bond motifs is 2. The second-order valence-corrected chi connectivity index (χ2v) is 7.20. The van der Waals surface area contributed by atoms with Crippen molar-refractivity contribution >= 4 is 21.7 Å². The molecule has 0 unspecified atom stereocenters. The normalized spacial score (nSPS) is 11.2. The Labute approximate surface area is 170 Å². The third-order valence-electron chi connectivity index (χ3n) is 5.46. The van der Waals surface area contributed by atoms with E-state index in [1.165, 1.54) is 21.9 Å². The minimum absolute atomic E-state index is 0.0810. The Hall–Kier alpha value is -3.49. The average Bonchev–Trinajstić information content (AvgIpc) is 2.79. The van der Waals surface area contributed by atoms with E-state index < -0.39 is 0 Å². The number of aliphatic hydroxyl groups is 1. The van der Waals surface area contributed by atoms with Crippen molar-refractivity contribution in [3.8, 4) is 22.4 Å². The van der Waals surface area contributed by atoms with Crippen LogP contribution in [0.2, 0.25) is 0 Å². The predicted molar refractivity (Wildman–Crippen MR) is 121 cm³/mol. The van der Waals surface area contributed by atoms with Crippen molar-refractivity contribution in [2.45, 2.75) is 6.42 Å². The molecule has 5 rings (SSSR count).